The third-order valence-electron chi connectivity index (χ3n) is 5.81. The van der Waals surface area contributed by atoms with E-state index in [1.54, 1.807) is 23.1 Å². The van der Waals surface area contributed by atoms with Gasteiger partial charge in [-0.2, -0.15) is 0 Å². The van der Waals surface area contributed by atoms with E-state index >= 15 is 0 Å². The zero-order chi connectivity index (χ0) is 19.3. The Morgan fingerprint density at radius 3 is 2.64 bits per heavy atom. The zero-order valence-electron chi connectivity index (χ0n) is 15.1. The minimum Gasteiger partial charge on any atom is -0.407 e. The molecule has 0 saturated carbocycles. The Morgan fingerprint density at radius 1 is 1.04 bits per heavy atom. The summed E-state index contributed by atoms with van der Waals surface area (Å²) in [5.74, 6) is -0.624. The molecule has 0 aliphatic carbocycles. The molecule has 2 aliphatic rings. The van der Waals surface area contributed by atoms with Gasteiger partial charge >= 0.3 is 5.76 Å². The number of oxazole rings is 1. The lowest BCUT2D eigenvalue weighted by Crippen LogP contribution is -2.40. The van der Waals surface area contributed by atoms with Crippen molar-refractivity contribution >= 4 is 28.6 Å². The van der Waals surface area contributed by atoms with Gasteiger partial charge < -0.3 is 14.6 Å². The number of hydrogen-bond donors (Lipinski definition) is 2. The molecule has 1 aromatic heterocycles. The molecule has 3 aromatic rings. The van der Waals surface area contributed by atoms with Crippen molar-refractivity contribution in [3.8, 4) is 0 Å². The van der Waals surface area contributed by atoms with Crippen molar-refractivity contribution in [1.29, 1.82) is 0 Å². The van der Waals surface area contributed by atoms with Crippen LogP contribution in [0, 0.1) is 5.92 Å². The molecular formula is C21H19N3O4. The van der Waals surface area contributed by atoms with Crippen molar-refractivity contribution in [3.63, 3.8) is 0 Å². The molecule has 2 aromatic carbocycles. The number of hydrogen-bond acceptors (Lipinski definition) is 4. The normalized spacial score (nSPS) is 19.6. The van der Waals surface area contributed by atoms with Gasteiger partial charge in [0.25, 0.3) is 5.91 Å². The molecule has 7 heteroatoms. The maximum Gasteiger partial charge on any atom is 0.417 e. The second-order valence-electron chi connectivity index (χ2n) is 7.38. The topological polar surface area (TPSA) is 95.4 Å². The number of benzene rings is 2. The van der Waals surface area contributed by atoms with Crippen LogP contribution in [-0.4, -0.2) is 34.8 Å². The maximum atomic E-state index is 13.0. The van der Waals surface area contributed by atoms with Crippen LogP contribution in [0.25, 0.3) is 11.1 Å². The van der Waals surface area contributed by atoms with E-state index in [0.717, 1.165) is 24.1 Å². The molecule has 2 aliphatic heterocycles. The highest BCUT2D eigenvalue weighted by molar-refractivity contribution is 6.04. The second kappa shape index (κ2) is 6.37. The SMILES string of the molecule is O=C1Nc2ccccc2C1C1CCN(C(=O)c2cccc3[nH]c(=O)oc23)CC1. The number of piperidine rings is 1. The van der Waals surface area contributed by atoms with Crippen LogP contribution >= 0.6 is 0 Å². The second-order valence-corrected chi connectivity index (χ2v) is 7.38. The fourth-order valence-corrected chi connectivity index (χ4v) is 4.45. The molecule has 2 amide bonds. The van der Waals surface area contributed by atoms with Gasteiger partial charge in [0.05, 0.1) is 17.0 Å². The first-order valence-electron chi connectivity index (χ1n) is 9.43. The lowest BCUT2D eigenvalue weighted by molar-refractivity contribution is -0.118. The lowest BCUT2D eigenvalue weighted by atomic mass is 9.80. The number of likely N-dealkylation sites (tertiary alicyclic amines) is 1. The number of amides is 2. The summed E-state index contributed by atoms with van der Waals surface area (Å²) in [5, 5.41) is 2.96. The molecule has 1 fully saturated rings. The van der Waals surface area contributed by atoms with E-state index in [2.05, 4.69) is 10.3 Å². The van der Waals surface area contributed by atoms with Gasteiger partial charge in [-0.1, -0.05) is 24.3 Å². The molecule has 0 radical (unpaired) electrons. The number of H-pyrrole nitrogens is 1. The molecule has 3 heterocycles. The number of anilines is 1. The number of para-hydroxylation sites is 2. The van der Waals surface area contributed by atoms with E-state index in [0.29, 0.717) is 29.8 Å². The summed E-state index contributed by atoms with van der Waals surface area (Å²) < 4.78 is 5.15. The number of nitrogens with one attached hydrogen (secondary N) is 2. The number of carbonyl (C=O) groups is 2. The molecule has 1 saturated heterocycles. The first kappa shape index (κ1) is 16.8. The number of fused-ring (bicyclic) bond motifs is 2. The fraction of sp³-hybridized carbons (Fsp3) is 0.286. The van der Waals surface area contributed by atoms with E-state index in [9.17, 15) is 14.4 Å². The first-order chi connectivity index (χ1) is 13.6. The molecule has 7 nitrogen and oxygen atoms in total. The van der Waals surface area contributed by atoms with E-state index in [-0.39, 0.29) is 23.7 Å². The van der Waals surface area contributed by atoms with Gasteiger partial charge in [-0.05, 0) is 42.5 Å². The van der Waals surface area contributed by atoms with Gasteiger partial charge in [0.2, 0.25) is 5.91 Å². The van der Waals surface area contributed by atoms with E-state index < -0.39 is 5.76 Å². The highest BCUT2D eigenvalue weighted by atomic mass is 16.4. The standard InChI is InChI=1S/C21H19N3O4/c25-19-17(13-4-1-2-6-15(13)22-19)12-8-10-24(11-9-12)20(26)14-5-3-7-16-18(14)28-21(27)23-16/h1-7,12,17H,8-11H2,(H,22,25)(H,23,27). The van der Waals surface area contributed by atoms with E-state index in [1.165, 1.54) is 0 Å². The summed E-state index contributed by atoms with van der Waals surface area (Å²) in [6.45, 7) is 1.14. The van der Waals surface area contributed by atoms with Crippen molar-refractivity contribution in [2.45, 2.75) is 18.8 Å². The van der Waals surface area contributed by atoms with E-state index in [4.69, 9.17) is 4.42 Å². The first-order valence-corrected chi connectivity index (χ1v) is 9.43. The Kier molecular flexibility index (Phi) is 3.82. The predicted octanol–water partition coefficient (Wildman–Crippen LogP) is 2.71. The van der Waals surface area contributed by atoms with Gasteiger partial charge in [-0.25, -0.2) is 4.79 Å². The number of rotatable bonds is 2. The van der Waals surface area contributed by atoms with Crippen LogP contribution in [0.5, 0.6) is 0 Å². The summed E-state index contributed by atoms with van der Waals surface area (Å²) in [4.78, 5) is 41.3. The van der Waals surface area contributed by atoms with Crippen LogP contribution in [-0.2, 0) is 4.79 Å². The lowest BCUT2D eigenvalue weighted by Gasteiger charge is -2.34. The molecule has 2 N–H and O–H groups in total. The number of aromatic nitrogens is 1. The monoisotopic (exact) mass is 377 g/mol. The van der Waals surface area contributed by atoms with Crippen LogP contribution in [0.3, 0.4) is 0 Å². The van der Waals surface area contributed by atoms with Crippen LogP contribution in [0.4, 0.5) is 5.69 Å². The molecular weight excluding hydrogens is 358 g/mol. The van der Waals surface area contributed by atoms with Crippen molar-refractivity contribution in [3.05, 3.63) is 64.1 Å². The van der Waals surface area contributed by atoms with E-state index in [1.807, 2.05) is 24.3 Å². The van der Waals surface area contributed by atoms with Crippen molar-refractivity contribution in [2.75, 3.05) is 18.4 Å². The highest BCUT2D eigenvalue weighted by Crippen LogP contribution is 2.41. The van der Waals surface area contributed by atoms with Crippen LogP contribution in [0.1, 0.15) is 34.7 Å². The number of aromatic amines is 1. The summed E-state index contributed by atoms with van der Waals surface area (Å²) in [6.07, 6.45) is 1.51. The van der Waals surface area contributed by atoms with Gasteiger partial charge in [0.15, 0.2) is 5.58 Å². The quantitative estimate of drug-likeness (QED) is 0.718. The summed E-state index contributed by atoms with van der Waals surface area (Å²) in [7, 11) is 0. The van der Waals surface area contributed by atoms with Crippen molar-refractivity contribution in [2.24, 2.45) is 5.92 Å². The van der Waals surface area contributed by atoms with Gasteiger partial charge in [0, 0.05) is 18.8 Å². The third kappa shape index (κ3) is 2.62. The molecule has 28 heavy (non-hydrogen) atoms. The average molecular weight is 377 g/mol. The number of carbonyl (C=O) groups excluding carboxylic acids is 2. The number of nitrogens with zero attached hydrogens (tertiary/aromatic N) is 1. The third-order valence-corrected chi connectivity index (χ3v) is 5.81. The fourth-order valence-electron chi connectivity index (χ4n) is 4.45. The Morgan fingerprint density at radius 2 is 1.82 bits per heavy atom. The molecule has 0 spiro atoms. The van der Waals surface area contributed by atoms with Crippen LogP contribution < -0.4 is 11.1 Å². The van der Waals surface area contributed by atoms with Crippen LogP contribution in [0.2, 0.25) is 0 Å². The summed E-state index contributed by atoms with van der Waals surface area (Å²) in [5.41, 5.74) is 3.15. The van der Waals surface area contributed by atoms with Gasteiger partial charge in [-0.15, -0.1) is 0 Å². The smallest absolute Gasteiger partial charge is 0.407 e. The minimum atomic E-state index is -0.570. The Balaban J connectivity index is 1.34. The molecule has 1 unspecified atom stereocenters. The van der Waals surface area contributed by atoms with Gasteiger partial charge in [-0.3, -0.25) is 14.6 Å². The Hall–Kier alpha value is -3.35. The van der Waals surface area contributed by atoms with Crippen LogP contribution in [0.15, 0.2) is 51.7 Å². The van der Waals surface area contributed by atoms with Crippen molar-refractivity contribution in [1.82, 2.24) is 9.88 Å². The predicted molar refractivity (Wildman–Crippen MR) is 103 cm³/mol. The largest absolute Gasteiger partial charge is 0.417 e. The minimum absolute atomic E-state index is 0.0462. The summed E-state index contributed by atoms with van der Waals surface area (Å²) >= 11 is 0. The summed E-state index contributed by atoms with van der Waals surface area (Å²) in [6, 6.07) is 12.9. The average Bonchev–Trinajstić information content (AvgIpc) is 3.25. The highest BCUT2D eigenvalue weighted by Gasteiger charge is 2.38. The molecule has 142 valence electrons. The molecule has 1 atom stereocenters. The molecule has 0 bridgehead atoms. The Labute approximate surface area is 160 Å². The van der Waals surface area contributed by atoms with Gasteiger partial charge in [0.1, 0.15) is 0 Å². The van der Waals surface area contributed by atoms with Crippen molar-refractivity contribution < 1.29 is 14.0 Å². The maximum absolute atomic E-state index is 13.0. The molecule has 5 rings (SSSR count). The zero-order valence-corrected chi connectivity index (χ0v) is 15.1. The Bertz CT molecular complexity index is 1140.